The highest BCUT2D eigenvalue weighted by molar-refractivity contribution is 9.09. The van der Waals surface area contributed by atoms with Crippen LogP contribution in [0.5, 0.6) is 0 Å². The lowest BCUT2D eigenvalue weighted by Crippen LogP contribution is -2.45. The second-order valence-electron chi connectivity index (χ2n) is 5.25. The van der Waals surface area contributed by atoms with Gasteiger partial charge in [-0.25, -0.2) is 0 Å². The Kier molecular flexibility index (Phi) is 4.68. The van der Waals surface area contributed by atoms with Crippen LogP contribution in [-0.2, 0) is 4.79 Å². The molecule has 2 aliphatic carbocycles. The molecule has 0 saturated heterocycles. The fourth-order valence-corrected chi connectivity index (χ4v) is 3.63. The lowest BCUT2D eigenvalue weighted by Gasteiger charge is -2.30. The predicted molar refractivity (Wildman–Crippen MR) is 69.7 cm³/mol. The average molecular weight is 288 g/mol. The van der Waals surface area contributed by atoms with E-state index in [1.807, 2.05) is 0 Å². The molecule has 0 aromatic heterocycles. The molecule has 2 saturated carbocycles. The molecular formula is C13H22BrNO. The molecule has 0 aliphatic heterocycles. The standard InChI is InChI=1S/C13H22BrNO/c14-11-8-4-5-9-12(11)15-13(16)10-6-2-1-3-7-10/h10-12H,1-9H2,(H,15,16). The van der Waals surface area contributed by atoms with E-state index in [2.05, 4.69) is 21.2 Å². The predicted octanol–water partition coefficient (Wildman–Crippen LogP) is 3.39. The molecule has 0 spiro atoms. The third-order valence-corrected chi connectivity index (χ3v) is 5.08. The van der Waals surface area contributed by atoms with Crippen molar-refractivity contribution in [2.24, 2.45) is 5.92 Å². The van der Waals surface area contributed by atoms with Crippen molar-refractivity contribution in [1.29, 1.82) is 0 Å². The zero-order valence-corrected chi connectivity index (χ0v) is 11.5. The van der Waals surface area contributed by atoms with E-state index < -0.39 is 0 Å². The van der Waals surface area contributed by atoms with Crippen molar-refractivity contribution in [3.8, 4) is 0 Å². The van der Waals surface area contributed by atoms with E-state index in [0.717, 1.165) is 19.3 Å². The monoisotopic (exact) mass is 287 g/mol. The number of nitrogens with one attached hydrogen (secondary N) is 1. The van der Waals surface area contributed by atoms with Crippen LogP contribution >= 0.6 is 15.9 Å². The molecule has 2 rings (SSSR count). The second-order valence-corrected chi connectivity index (χ2v) is 6.43. The van der Waals surface area contributed by atoms with Crippen LogP contribution in [0.25, 0.3) is 0 Å². The molecule has 1 amide bonds. The van der Waals surface area contributed by atoms with Gasteiger partial charge in [0.15, 0.2) is 0 Å². The highest BCUT2D eigenvalue weighted by Crippen LogP contribution is 2.27. The van der Waals surface area contributed by atoms with E-state index in [1.165, 1.54) is 38.5 Å². The Morgan fingerprint density at radius 3 is 2.25 bits per heavy atom. The molecular weight excluding hydrogens is 266 g/mol. The molecule has 0 bridgehead atoms. The molecule has 2 aliphatic rings. The van der Waals surface area contributed by atoms with Crippen molar-refractivity contribution >= 4 is 21.8 Å². The van der Waals surface area contributed by atoms with Crippen molar-refractivity contribution in [2.45, 2.75) is 68.7 Å². The van der Waals surface area contributed by atoms with Crippen LogP contribution in [0.3, 0.4) is 0 Å². The van der Waals surface area contributed by atoms with Crippen LogP contribution in [0.4, 0.5) is 0 Å². The summed E-state index contributed by atoms with van der Waals surface area (Å²) in [7, 11) is 0. The van der Waals surface area contributed by atoms with Gasteiger partial charge < -0.3 is 5.32 Å². The van der Waals surface area contributed by atoms with E-state index in [-0.39, 0.29) is 0 Å². The summed E-state index contributed by atoms with van der Waals surface area (Å²) in [6.45, 7) is 0. The third kappa shape index (κ3) is 3.22. The topological polar surface area (TPSA) is 29.1 Å². The molecule has 0 radical (unpaired) electrons. The Bertz CT molecular complexity index is 238. The lowest BCUT2D eigenvalue weighted by molar-refractivity contribution is -0.126. The van der Waals surface area contributed by atoms with E-state index >= 15 is 0 Å². The summed E-state index contributed by atoms with van der Waals surface area (Å²) >= 11 is 3.69. The fourth-order valence-electron chi connectivity index (χ4n) is 2.91. The Balaban J connectivity index is 1.80. The zero-order valence-electron chi connectivity index (χ0n) is 9.88. The number of hydrogen-bond acceptors (Lipinski definition) is 1. The molecule has 2 unspecified atom stereocenters. The van der Waals surface area contributed by atoms with Gasteiger partial charge in [0.05, 0.1) is 0 Å². The van der Waals surface area contributed by atoms with Crippen LogP contribution < -0.4 is 5.32 Å². The first-order valence-electron chi connectivity index (χ1n) is 6.72. The number of amides is 1. The molecule has 92 valence electrons. The third-order valence-electron chi connectivity index (χ3n) is 3.99. The Labute approximate surface area is 107 Å². The van der Waals surface area contributed by atoms with Gasteiger partial charge in [-0.05, 0) is 25.7 Å². The fraction of sp³-hybridized carbons (Fsp3) is 0.923. The SMILES string of the molecule is O=C(NC1CCCCC1Br)C1CCCCC1. The number of alkyl halides is 1. The highest BCUT2D eigenvalue weighted by atomic mass is 79.9. The van der Waals surface area contributed by atoms with Gasteiger partial charge in [-0.15, -0.1) is 0 Å². The van der Waals surface area contributed by atoms with Crippen LogP contribution in [0.15, 0.2) is 0 Å². The summed E-state index contributed by atoms with van der Waals surface area (Å²) in [4.78, 5) is 12.6. The van der Waals surface area contributed by atoms with Crippen molar-refractivity contribution in [2.75, 3.05) is 0 Å². The average Bonchev–Trinajstić information content (AvgIpc) is 2.33. The summed E-state index contributed by atoms with van der Waals surface area (Å²) in [6.07, 6.45) is 10.9. The summed E-state index contributed by atoms with van der Waals surface area (Å²) < 4.78 is 0. The molecule has 0 aromatic carbocycles. The van der Waals surface area contributed by atoms with Gasteiger partial charge in [0.25, 0.3) is 0 Å². The van der Waals surface area contributed by atoms with E-state index in [9.17, 15) is 4.79 Å². The van der Waals surface area contributed by atoms with Crippen LogP contribution in [0.1, 0.15) is 57.8 Å². The number of hydrogen-bond donors (Lipinski definition) is 1. The molecule has 16 heavy (non-hydrogen) atoms. The maximum atomic E-state index is 12.1. The minimum absolute atomic E-state index is 0.301. The molecule has 2 fully saturated rings. The van der Waals surface area contributed by atoms with Gasteiger partial charge in [0.1, 0.15) is 0 Å². The summed E-state index contributed by atoms with van der Waals surface area (Å²) in [5, 5.41) is 3.25. The van der Waals surface area contributed by atoms with Crippen LogP contribution in [-0.4, -0.2) is 16.8 Å². The van der Waals surface area contributed by atoms with Crippen LogP contribution in [0, 0.1) is 5.92 Å². The molecule has 1 N–H and O–H groups in total. The summed E-state index contributed by atoms with van der Waals surface area (Å²) in [6, 6.07) is 0.378. The summed E-state index contributed by atoms with van der Waals surface area (Å²) in [5.41, 5.74) is 0. The normalized spacial score (nSPS) is 32.3. The first kappa shape index (κ1) is 12.4. The minimum Gasteiger partial charge on any atom is -0.352 e. The molecule has 2 atom stereocenters. The van der Waals surface area contributed by atoms with Gasteiger partial charge in [-0.1, -0.05) is 48.0 Å². The molecule has 0 heterocycles. The Hall–Kier alpha value is -0.0500. The van der Waals surface area contributed by atoms with Gasteiger partial charge in [0, 0.05) is 16.8 Å². The van der Waals surface area contributed by atoms with Crippen LogP contribution in [0.2, 0.25) is 0 Å². The lowest BCUT2D eigenvalue weighted by atomic mass is 9.87. The smallest absolute Gasteiger partial charge is 0.223 e. The quantitative estimate of drug-likeness (QED) is 0.775. The van der Waals surface area contributed by atoms with Crippen molar-refractivity contribution in [1.82, 2.24) is 5.32 Å². The van der Waals surface area contributed by atoms with E-state index in [1.54, 1.807) is 0 Å². The van der Waals surface area contributed by atoms with Gasteiger partial charge in [-0.3, -0.25) is 4.79 Å². The second kappa shape index (κ2) is 6.04. The molecule has 2 nitrogen and oxygen atoms in total. The highest BCUT2D eigenvalue weighted by Gasteiger charge is 2.27. The van der Waals surface area contributed by atoms with Gasteiger partial charge in [0.2, 0.25) is 5.91 Å². The van der Waals surface area contributed by atoms with E-state index in [0.29, 0.717) is 22.7 Å². The number of halogens is 1. The largest absolute Gasteiger partial charge is 0.352 e. The first-order chi connectivity index (χ1) is 7.77. The zero-order chi connectivity index (χ0) is 11.4. The minimum atomic E-state index is 0.301. The summed E-state index contributed by atoms with van der Waals surface area (Å²) in [5.74, 6) is 0.617. The van der Waals surface area contributed by atoms with Gasteiger partial charge >= 0.3 is 0 Å². The Morgan fingerprint density at radius 1 is 0.938 bits per heavy atom. The number of carbonyl (C=O) groups is 1. The van der Waals surface area contributed by atoms with Crippen molar-refractivity contribution < 1.29 is 4.79 Å². The molecule has 3 heteroatoms. The van der Waals surface area contributed by atoms with E-state index in [4.69, 9.17) is 0 Å². The number of carbonyl (C=O) groups excluding carboxylic acids is 1. The Morgan fingerprint density at radius 2 is 1.56 bits per heavy atom. The first-order valence-corrected chi connectivity index (χ1v) is 7.63. The van der Waals surface area contributed by atoms with Gasteiger partial charge in [-0.2, -0.15) is 0 Å². The maximum absolute atomic E-state index is 12.1. The van der Waals surface area contributed by atoms with Crippen molar-refractivity contribution in [3.63, 3.8) is 0 Å². The maximum Gasteiger partial charge on any atom is 0.223 e. The number of rotatable bonds is 2. The van der Waals surface area contributed by atoms with Crippen molar-refractivity contribution in [3.05, 3.63) is 0 Å². The molecule has 0 aromatic rings.